The summed E-state index contributed by atoms with van der Waals surface area (Å²) in [5.41, 5.74) is 2.82. The normalized spacial score (nSPS) is 14.8. The summed E-state index contributed by atoms with van der Waals surface area (Å²) >= 11 is 12.5. The topological polar surface area (TPSA) is 85.7 Å². The van der Waals surface area contributed by atoms with Crippen LogP contribution in [0.25, 0.3) is 0 Å². The van der Waals surface area contributed by atoms with Crippen molar-refractivity contribution in [2.24, 2.45) is 0 Å². The zero-order chi connectivity index (χ0) is 28.1. The number of anilines is 2. The summed E-state index contributed by atoms with van der Waals surface area (Å²) in [5.74, 6) is -0.234. The molecule has 1 unspecified atom stereocenters. The fraction of sp³-hybridized carbons (Fsp3) is 0.233. The van der Waals surface area contributed by atoms with Crippen LogP contribution in [0.1, 0.15) is 45.2 Å². The molecule has 0 radical (unpaired) electrons. The summed E-state index contributed by atoms with van der Waals surface area (Å²) in [5, 5.41) is 3.75. The summed E-state index contributed by atoms with van der Waals surface area (Å²) < 4.78 is 13.8. The third-order valence-corrected chi connectivity index (χ3v) is 7.32. The Kier molecular flexibility index (Phi) is 8.69. The van der Waals surface area contributed by atoms with E-state index in [1.54, 1.807) is 66.0 Å². The van der Waals surface area contributed by atoms with Gasteiger partial charge in [-0.15, -0.1) is 0 Å². The number of ether oxygens (including phenoxy) is 2. The number of amides is 2. The van der Waals surface area contributed by atoms with Crippen LogP contribution in [0.4, 0.5) is 11.4 Å². The van der Waals surface area contributed by atoms with Gasteiger partial charge in [0.05, 0.1) is 42.3 Å². The molecule has 3 aromatic carbocycles. The standard InChI is InChI=1S/C30H28Cl2N4O4/c1-39-28-18-21(34-29(37)22-5-2-3-6-25(22)32)9-10-23(28)30(38)36-13-4-7-27(24-17-20(31)8-11-26(24)36)40-16-15-35-14-12-33-19-35/h2-3,5-6,8-12,14,17-19,27H,4,7,13,15-16H2,1H3,(H,34,37). The van der Waals surface area contributed by atoms with Crippen molar-refractivity contribution in [1.29, 1.82) is 0 Å². The molecule has 2 heterocycles. The lowest BCUT2D eigenvalue weighted by molar-refractivity contribution is 0.0421. The number of hydrogen-bond acceptors (Lipinski definition) is 5. The van der Waals surface area contributed by atoms with Gasteiger partial charge < -0.3 is 24.3 Å². The van der Waals surface area contributed by atoms with Gasteiger partial charge in [0.15, 0.2) is 0 Å². The fourth-order valence-electron chi connectivity index (χ4n) is 4.78. The van der Waals surface area contributed by atoms with Crippen molar-refractivity contribution in [2.75, 3.05) is 30.5 Å². The van der Waals surface area contributed by atoms with Gasteiger partial charge in [0.1, 0.15) is 5.75 Å². The van der Waals surface area contributed by atoms with Crippen molar-refractivity contribution < 1.29 is 19.1 Å². The number of nitrogens with zero attached hydrogens (tertiary/aromatic N) is 3. The van der Waals surface area contributed by atoms with E-state index in [4.69, 9.17) is 32.7 Å². The number of carbonyl (C=O) groups excluding carboxylic acids is 2. The quantitative estimate of drug-likeness (QED) is 0.253. The van der Waals surface area contributed by atoms with Crippen LogP contribution in [0.15, 0.2) is 79.4 Å². The second kappa shape index (κ2) is 12.6. The highest BCUT2D eigenvalue weighted by Gasteiger charge is 2.29. The van der Waals surface area contributed by atoms with Crippen LogP contribution in [0.5, 0.6) is 5.75 Å². The molecule has 8 nitrogen and oxygen atoms in total. The molecule has 1 aromatic heterocycles. The number of halogens is 2. The van der Waals surface area contributed by atoms with E-state index in [1.165, 1.54) is 7.11 Å². The van der Waals surface area contributed by atoms with E-state index >= 15 is 0 Å². The van der Waals surface area contributed by atoms with E-state index in [2.05, 4.69) is 10.3 Å². The van der Waals surface area contributed by atoms with E-state index in [0.717, 1.165) is 24.1 Å². The lowest BCUT2D eigenvalue weighted by atomic mass is 10.0. The molecule has 10 heteroatoms. The molecule has 1 aliphatic heterocycles. The molecule has 1 N–H and O–H groups in total. The van der Waals surface area contributed by atoms with Gasteiger partial charge in [-0.1, -0.05) is 35.3 Å². The van der Waals surface area contributed by atoms with Crippen LogP contribution in [-0.4, -0.2) is 41.6 Å². The molecule has 206 valence electrons. The Morgan fingerprint density at radius 2 is 1.93 bits per heavy atom. The number of aromatic nitrogens is 2. The number of fused-ring (bicyclic) bond motifs is 1. The Bertz CT molecular complexity index is 1510. The van der Waals surface area contributed by atoms with E-state index < -0.39 is 0 Å². The van der Waals surface area contributed by atoms with Crippen molar-refractivity contribution in [1.82, 2.24) is 9.55 Å². The van der Waals surface area contributed by atoms with Crippen molar-refractivity contribution in [3.05, 3.63) is 106 Å². The van der Waals surface area contributed by atoms with E-state index in [-0.39, 0.29) is 17.9 Å². The number of benzene rings is 3. The van der Waals surface area contributed by atoms with Crippen LogP contribution < -0.4 is 15.0 Å². The Morgan fingerprint density at radius 3 is 2.70 bits per heavy atom. The minimum atomic E-state index is -0.357. The van der Waals surface area contributed by atoms with Gasteiger partial charge in [0.25, 0.3) is 11.8 Å². The summed E-state index contributed by atoms with van der Waals surface area (Å²) in [4.78, 5) is 32.5. The Balaban J connectivity index is 1.37. The largest absolute Gasteiger partial charge is 0.496 e. The van der Waals surface area contributed by atoms with Gasteiger partial charge in [-0.2, -0.15) is 0 Å². The van der Waals surface area contributed by atoms with Crippen LogP contribution in [-0.2, 0) is 11.3 Å². The number of methoxy groups -OCH3 is 1. The molecule has 4 aromatic rings. The van der Waals surface area contributed by atoms with Crippen LogP contribution >= 0.6 is 23.2 Å². The minimum Gasteiger partial charge on any atom is -0.496 e. The van der Waals surface area contributed by atoms with Crippen LogP contribution in [0, 0.1) is 0 Å². The first-order chi connectivity index (χ1) is 19.4. The van der Waals surface area contributed by atoms with Gasteiger partial charge in [0.2, 0.25) is 0 Å². The maximum Gasteiger partial charge on any atom is 0.262 e. The first-order valence-electron chi connectivity index (χ1n) is 12.9. The molecular formula is C30H28Cl2N4O4. The Hall–Kier alpha value is -3.85. The molecule has 0 bridgehead atoms. The van der Waals surface area contributed by atoms with Gasteiger partial charge in [-0.3, -0.25) is 9.59 Å². The average molecular weight is 579 g/mol. The van der Waals surface area contributed by atoms with Crippen LogP contribution in [0.2, 0.25) is 10.0 Å². The molecule has 0 saturated heterocycles. The smallest absolute Gasteiger partial charge is 0.262 e. The predicted octanol–water partition coefficient (Wildman–Crippen LogP) is 6.65. The first kappa shape index (κ1) is 27.7. The van der Waals surface area contributed by atoms with E-state index in [0.29, 0.717) is 52.3 Å². The summed E-state index contributed by atoms with van der Waals surface area (Å²) in [6, 6.07) is 17.3. The second-order valence-corrected chi connectivity index (χ2v) is 10.2. The highest BCUT2D eigenvalue weighted by atomic mass is 35.5. The number of carbonyl (C=O) groups is 2. The molecule has 1 aliphatic rings. The van der Waals surface area contributed by atoms with E-state index in [9.17, 15) is 9.59 Å². The maximum atomic E-state index is 13.9. The van der Waals surface area contributed by atoms with Crippen molar-refractivity contribution in [3.8, 4) is 5.75 Å². The highest BCUT2D eigenvalue weighted by Crippen LogP contribution is 2.38. The van der Waals surface area contributed by atoms with Crippen LogP contribution in [0.3, 0.4) is 0 Å². The van der Waals surface area contributed by atoms with Gasteiger partial charge in [0, 0.05) is 53.5 Å². The molecule has 0 spiro atoms. The number of rotatable bonds is 8. The van der Waals surface area contributed by atoms with Gasteiger partial charge >= 0.3 is 0 Å². The molecule has 5 rings (SSSR count). The lowest BCUT2D eigenvalue weighted by Gasteiger charge is -2.25. The monoisotopic (exact) mass is 578 g/mol. The lowest BCUT2D eigenvalue weighted by Crippen LogP contribution is -2.32. The number of imidazole rings is 1. The Labute approximate surface area is 242 Å². The SMILES string of the molecule is COc1cc(NC(=O)c2ccccc2Cl)ccc1C(=O)N1CCCC(OCCn2ccnc2)c2cc(Cl)ccc21. The second-order valence-electron chi connectivity index (χ2n) is 9.31. The van der Waals surface area contributed by atoms with Crippen molar-refractivity contribution in [2.45, 2.75) is 25.5 Å². The fourth-order valence-corrected chi connectivity index (χ4v) is 5.18. The molecule has 40 heavy (non-hydrogen) atoms. The number of nitrogens with one attached hydrogen (secondary N) is 1. The molecule has 0 fully saturated rings. The summed E-state index contributed by atoms with van der Waals surface area (Å²) in [6.07, 6.45) is 6.65. The summed E-state index contributed by atoms with van der Waals surface area (Å²) in [7, 11) is 1.49. The third kappa shape index (κ3) is 6.14. The van der Waals surface area contributed by atoms with Gasteiger partial charge in [-0.05, 0) is 55.3 Å². The predicted molar refractivity (Wildman–Crippen MR) is 156 cm³/mol. The zero-order valence-corrected chi connectivity index (χ0v) is 23.4. The number of hydrogen-bond donors (Lipinski definition) is 1. The molecule has 0 aliphatic carbocycles. The average Bonchev–Trinajstić information content (AvgIpc) is 3.41. The van der Waals surface area contributed by atoms with Crippen molar-refractivity contribution >= 4 is 46.4 Å². The third-order valence-electron chi connectivity index (χ3n) is 6.76. The molecule has 2 amide bonds. The molecule has 0 saturated carbocycles. The first-order valence-corrected chi connectivity index (χ1v) is 13.6. The van der Waals surface area contributed by atoms with Crippen molar-refractivity contribution in [3.63, 3.8) is 0 Å². The maximum absolute atomic E-state index is 13.9. The minimum absolute atomic E-state index is 0.209. The molecule has 1 atom stereocenters. The summed E-state index contributed by atoms with van der Waals surface area (Å²) in [6.45, 7) is 1.67. The highest BCUT2D eigenvalue weighted by molar-refractivity contribution is 6.34. The van der Waals surface area contributed by atoms with E-state index in [1.807, 2.05) is 22.9 Å². The zero-order valence-electron chi connectivity index (χ0n) is 21.8. The van der Waals surface area contributed by atoms with Gasteiger partial charge in [-0.25, -0.2) is 4.98 Å². The Morgan fingerprint density at radius 1 is 1.07 bits per heavy atom. The molecular weight excluding hydrogens is 551 g/mol.